The van der Waals surface area contributed by atoms with Crippen LogP contribution < -0.4 is 0 Å². The van der Waals surface area contributed by atoms with Gasteiger partial charge >= 0.3 is 5.97 Å². The van der Waals surface area contributed by atoms with Crippen LogP contribution in [0.1, 0.15) is 17.5 Å². The Morgan fingerprint density at radius 3 is 2.33 bits per heavy atom. The van der Waals surface area contributed by atoms with E-state index in [0.29, 0.717) is 5.56 Å². The van der Waals surface area contributed by atoms with Crippen molar-refractivity contribution in [2.75, 3.05) is 0 Å². The smallest absolute Gasteiger partial charge is 0.325 e. The van der Waals surface area contributed by atoms with E-state index in [4.69, 9.17) is 9.66 Å². The minimum absolute atomic E-state index is 0.456. The second-order valence-electron chi connectivity index (χ2n) is 3.71. The van der Waals surface area contributed by atoms with Crippen LogP contribution in [0, 0.1) is 18.8 Å². The van der Waals surface area contributed by atoms with Crippen LogP contribution in [0.5, 0.6) is 0 Å². The third kappa shape index (κ3) is 4.20. The summed E-state index contributed by atoms with van der Waals surface area (Å²) in [6.07, 6.45) is -0.456. The lowest BCUT2D eigenvalue weighted by atomic mass is 10.1. The van der Waals surface area contributed by atoms with Crippen LogP contribution in [0.3, 0.4) is 0 Å². The topological polar surface area (TPSA) is 91.7 Å². The van der Waals surface area contributed by atoms with E-state index in [1.807, 2.05) is 19.1 Å². The number of hydrogen-bond donors (Lipinski definition) is 2. The molecule has 0 aliphatic rings. The molecule has 0 fully saturated rings. The Labute approximate surface area is 105 Å². The summed E-state index contributed by atoms with van der Waals surface area (Å²) < 4.78 is 30.2. The average Bonchev–Trinajstić information content (AvgIpc) is 2.24. The molecule has 5 nitrogen and oxygen atoms in total. The van der Waals surface area contributed by atoms with Gasteiger partial charge < -0.3 is 5.11 Å². The predicted molar refractivity (Wildman–Crippen MR) is 65.6 cm³/mol. The van der Waals surface area contributed by atoms with E-state index in [1.165, 1.54) is 0 Å². The van der Waals surface area contributed by atoms with Crippen LogP contribution >= 0.6 is 0 Å². The molecule has 0 saturated carbocycles. The normalized spacial score (nSPS) is 12.3. The van der Waals surface area contributed by atoms with Gasteiger partial charge in [0.2, 0.25) is 0 Å². The zero-order chi connectivity index (χ0) is 13.8. The fourth-order valence-corrected chi connectivity index (χ4v) is 1.75. The monoisotopic (exact) mass is 268 g/mol. The van der Waals surface area contributed by atoms with E-state index in [9.17, 15) is 13.2 Å². The number of carboxylic acid groups (broad SMARTS) is 1. The van der Waals surface area contributed by atoms with Crippen LogP contribution in [-0.2, 0) is 14.9 Å². The molecule has 1 aromatic rings. The minimum atomic E-state index is -4.63. The highest BCUT2D eigenvalue weighted by Crippen LogP contribution is 2.05. The highest BCUT2D eigenvalue weighted by Gasteiger charge is 2.29. The van der Waals surface area contributed by atoms with Crippen molar-refractivity contribution >= 4 is 16.1 Å². The van der Waals surface area contributed by atoms with Crippen molar-refractivity contribution in [2.24, 2.45) is 0 Å². The lowest BCUT2D eigenvalue weighted by Crippen LogP contribution is -2.29. The van der Waals surface area contributed by atoms with Gasteiger partial charge in [-0.15, -0.1) is 0 Å². The Balaban J connectivity index is 2.81. The molecule has 1 rings (SSSR count). The molecule has 1 unspecified atom stereocenters. The van der Waals surface area contributed by atoms with E-state index < -0.39 is 27.8 Å². The summed E-state index contributed by atoms with van der Waals surface area (Å²) in [4.78, 5) is 10.6. The Bertz CT molecular complexity index is 590. The van der Waals surface area contributed by atoms with Crippen LogP contribution in [0.15, 0.2) is 24.3 Å². The summed E-state index contributed by atoms with van der Waals surface area (Å²) in [5.74, 6) is 3.46. The summed E-state index contributed by atoms with van der Waals surface area (Å²) in [7, 11) is -4.63. The molecular weight excluding hydrogens is 256 g/mol. The zero-order valence-electron chi connectivity index (χ0n) is 9.62. The molecule has 1 aromatic carbocycles. The first kappa shape index (κ1) is 14.2. The van der Waals surface area contributed by atoms with E-state index in [2.05, 4.69) is 11.8 Å². The van der Waals surface area contributed by atoms with E-state index >= 15 is 0 Å². The predicted octanol–water partition coefficient (Wildman–Crippen LogP) is 1.08. The van der Waals surface area contributed by atoms with Gasteiger partial charge in [-0.3, -0.25) is 9.35 Å². The first-order chi connectivity index (χ1) is 8.30. The number of aliphatic carboxylic acids is 1. The quantitative estimate of drug-likeness (QED) is 0.632. The van der Waals surface area contributed by atoms with Gasteiger partial charge in [0, 0.05) is 12.0 Å². The highest BCUT2D eigenvalue weighted by atomic mass is 32.2. The van der Waals surface area contributed by atoms with Crippen molar-refractivity contribution in [1.29, 1.82) is 0 Å². The van der Waals surface area contributed by atoms with Gasteiger partial charge in [0.25, 0.3) is 10.1 Å². The summed E-state index contributed by atoms with van der Waals surface area (Å²) in [6, 6.07) is 7.15. The maximum atomic E-state index is 10.8. The second kappa shape index (κ2) is 5.67. The Hall–Kier alpha value is -1.84. The lowest BCUT2D eigenvalue weighted by Gasteiger charge is -2.03. The van der Waals surface area contributed by atoms with Gasteiger partial charge in [-0.2, -0.15) is 8.42 Å². The number of aryl methyl sites for hydroxylation is 1. The molecule has 0 spiro atoms. The number of carboxylic acids is 1. The summed E-state index contributed by atoms with van der Waals surface area (Å²) in [5.41, 5.74) is 1.71. The van der Waals surface area contributed by atoms with Crippen molar-refractivity contribution in [2.45, 2.75) is 18.6 Å². The Morgan fingerprint density at radius 2 is 1.89 bits per heavy atom. The van der Waals surface area contributed by atoms with Gasteiger partial charge in [-0.1, -0.05) is 29.5 Å². The second-order valence-corrected chi connectivity index (χ2v) is 5.31. The van der Waals surface area contributed by atoms with Crippen molar-refractivity contribution in [3.05, 3.63) is 35.4 Å². The zero-order valence-corrected chi connectivity index (χ0v) is 10.4. The largest absolute Gasteiger partial charge is 0.480 e. The van der Waals surface area contributed by atoms with Crippen molar-refractivity contribution < 1.29 is 22.9 Å². The third-order valence-electron chi connectivity index (χ3n) is 2.21. The van der Waals surface area contributed by atoms with Gasteiger partial charge in [0.05, 0.1) is 0 Å². The van der Waals surface area contributed by atoms with Crippen molar-refractivity contribution in [1.82, 2.24) is 0 Å². The van der Waals surface area contributed by atoms with E-state index in [0.717, 1.165) is 5.56 Å². The number of hydrogen-bond acceptors (Lipinski definition) is 3. The molecule has 0 aliphatic heterocycles. The Kier molecular flexibility index (Phi) is 4.48. The van der Waals surface area contributed by atoms with Gasteiger partial charge in [0.15, 0.2) is 5.25 Å². The maximum Gasteiger partial charge on any atom is 0.325 e. The third-order valence-corrected chi connectivity index (χ3v) is 3.29. The van der Waals surface area contributed by atoms with Crippen LogP contribution in [0.4, 0.5) is 0 Å². The van der Waals surface area contributed by atoms with Crippen LogP contribution in [-0.4, -0.2) is 29.3 Å². The molecular formula is C12H12O5S. The summed E-state index contributed by atoms with van der Waals surface area (Å²) >= 11 is 0. The molecule has 0 aromatic heterocycles. The van der Waals surface area contributed by atoms with Crippen molar-refractivity contribution in [3.8, 4) is 11.8 Å². The van der Waals surface area contributed by atoms with Crippen LogP contribution in [0.25, 0.3) is 0 Å². The summed E-state index contributed by atoms with van der Waals surface area (Å²) in [6.45, 7) is 1.91. The molecule has 0 heterocycles. The maximum absolute atomic E-state index is 10.8. The minimum Gasteiger partial charge on any atom is -0.480 e. The van der Waals surface area contributed by atoms with E-state index in [-0.39, 0.29) is 0 Å². The fourth-order valence-electron chi connectivity index (χ4n) is 1.20. The first-order valence-electron chi connectivity index (χ1n) is 5.05. The first-order valence-corrected chi connectivity index (χ1v) is 6.55. The molecule has 2 N–H and O–H groups in total. The SMILES string of the molecule is Cc1ccc(C#CCC(C(=O)O)S(=O)(=O)O)cc1. The van der Waals surface area contributed by atoms with Gasteiger partial charge in [-0.05, 0) is 19.1 Å². The molecule has 0 saturated heterocycles. The highest BCUT2D eigenvalue weighted by molar-refractivity contribution is 7.87. The molecule has 0 aliphatic carbocycles. The van der Waals surface area contributed by atoms with Gasteiger partial charge in [0.1, 0.15) is 0 Å². The lowest BCUT2D eigenvalue weighted by molar-refractivity contribution is -0.136. The fraction of sp³-hybridized carbons (Fsp3) is 0.250. The summed E-state index contributed by atoms with van der Waals surface area (Å²) in [5, 5.41) is 6.73. The molecule has 0 bridgehead atoms. The number of carbonyl (C=O) groups is 1. The van der Waals surface area contributed by atoms with Gasteiger partial charge in [-0.25, -0.2) is 0 Å². The molecule has 6 heteroatoms. The van der Waals surface area contributed by atoms with Crippen LogP contribution in [0.2, 0.25) is 0 Å². The molecule has 1 atom stereocenters. The molecule has 0 radical (unpaired) electrons. The number of benzene rings is 1. The molecule has 96 valence electrons. The Morgan fingerprint density at radius 1 is 1.33 bits per heavy atom. The number of rotatable bonds is 3. The average molecular weight is 268 g/mol. The van der Waals surface area contributed by atoms with Crippen molar-refractivity contribution in [3.63, 3.8) is 0 Å². The van der Waals surface area contributed by atoms with E-state index in [1.54, 1.807) is 12.1 Å². The standard InChI is InChI=1S/C12H12O5S/c1-9-5-7-10(8-6-9)3-2-4-11(12(13)14)18(15,16)17/h5-8,11H,4H2,1H3,(H,13,14)(H,15,16,17). The molecule has 18 heavy (non-hydrogen) atoms. The molecule has 0 amide bonds.